The third-order valence-electron chi connectivity index (χ3n) is 6.50. The van der Waals surface area contributed by atoms with Crippen LogP contribution in [0.2, 0.25) is 0 Å². The molecule has 5 nitrogen and oxygen atoms in total. The summed E-state index contributed by atoms with van der Waals surface area (Å²) in [6.07, 6.45) is 2.58. The molecule has 1 N–H and O–H groups in total. The van der Waals surface area contributed by atoms with Crippen molar-refractivity contribution in [3.05, 3.63) is 106 Å². The molecule has 1 heterocycles. The van der Waals surface area contributed by atoms with Gasteiger partial charge in [-0.15, -0.1) is 0 Å². The Morgan fingerprint density at radius 2 is 1.73 bits per heavy atom. The standard InChI is InChI=1S/C28H25F4N3O2/c1-4-35-23-11-10-18(37-3)14-20(23)28(2,16-19-25(31)21(29)15-22(30)26(19)32)24(35)12-13-33-34-27(36)17-8-6-5-7-9-17/h5-15H,4,16H2,1-3H3,(H,34,36)/b24-12-,33-13+. The Morgan fingerprint density at radius 3 is 2.35 bits per heavy atom. The molecule has 4 rings (SSSR count). The lowest BCUT2D eigenvalue weighted by molar-refractivity contribution is 0.0955. The van der Waals surface area contributed by atoms with Crippen molar-refractivity contribution in [1.82, 2.24) is 5.43 Å². The van der Waals surface area contributed by atoms with Gasteiger partial charge < -0.3 is 9.64 Å². The van der Waals surface area contributed by atoms with E-state index < -0.39 is 40.2 Å². The maximum atomic E-state index is 14.7. The van der Waals surface area contributed by atoms with E-state index in [4.69, 9.17) is 4.74 Å². The van der Waals surface area contributed by atoms with Gasteiger partial charge >= 0.3 is 0 Å². The summed E-state index contributed by atoms with van der Waals surface area (Å²) >= 11 is 0. The van der Waals surface area contributed by atoms with Crippen molar-refractivity contribution in [1.29, 1.82) is 0 Å². The molecule has 1 amide bonds. The Bertz CT molecular complexity index is 1370. The summed E-state index contributed by atoms with van der Waals surface area (Å²) in [5, 5.41) is 3.99. The van der Waals surface area contributed by atoms with Gasteiger partial charge in [-0.25, -0.2) is 23.0 Å². The van der Waals surface area contributed by atoms with Crippen LogP contribution in [-0.2, 0) is 11.8 Å². The van der Waals surface area contributed by atoms with Gasteiger partial charge in [-0.05, 0) is 62.2 Å². The summed E-state index contributed by atoms with van der Waals surface area (Å²) < 4.78 is 62.9. The molecular formula is C28H25F4N3O2. The number of carbonyl (C=O) groups excluding carboxylic acids is 1. The van der Waals surface area contributed by atoms with Crippen molar-refractivity contribution in [2.45, 2.75) is 25.7 Å². The minimum atomic E-state index is -1.47. The van der Waals surface area contributed by atoms with E-state index in [1.54, 1.807) is 55.5 Å². The van der Waals surface area contributed by atoms with Crippen LogP contribution in [0.1, 0.15) is 35.3 Å². The third-order valence-corrected chi connectivity index (χ3v) is 6.50. The van der Waals surface area contributed by atoms with Gasteiger partial charge in [-0.1, -0.05) is 18.2 Å². The number of hydrogen-bond donors (Lipinski definition) is 1. The van der Waals surface area contributed by atoms with E-state index >= 15 is 0 Å². The molecule has 192 valence electrons. The number of carbonyl (C=O) groups is 1. The molecule has 1 unspecified atom stereocenters. The van der Waals surface area contributed by atoms with Gasteiger partial charge in [0.15, 0.2) is 23.3 Å². The molecule has 0 radical (unpaired) electrons. The van der Waals surface area contributed by atoms with E-state index in [2.05, 4.69) is 10.5 Å². The van der Waals surface area contributed by atoms with E-state index in [0.29, 0.717) is 29.1 Å². The molecule has 0 spiro atoms. The first-order chi connectivity index (χ1) is 17.7. The van der Waals surface area contributed by atoms with E-state index in [9.17, 15) is 22.4 Å². The molecule has 0 bridgehead atoms. The molecule has 1 aliphatic heterocycles. The molecule has 3 aromatic rings. The summed E-state index contributed by atoms with van der Waals surface area (Å²) in [6.45, 7) is 4.10. The molecule has 37 heavy (non-hydrogen) atoms. The second-order valence-electron chi connectivity index (χ2n) is 8.72. The zero-order chi connectivity index (χ0) is 26.7. The molecule has 1 atom stereocenters. The number of methoxy groups -OCH3 is 1. The van der Waals surface area contributed by atoms with Crippen molar-refractivity contribution >= 4 is 17.8 Å². The number of likely N-dealkylation sites (N-methyl/N-ethyl adjacent to an activating group) is 1. The molecule has 0 aliphatic carbocycles. The molecule has 0 saturated heterocycles. The molecule has 1 aliphatic rings. The van der Waals surface area contributed by atoms with Crippen LogP contribution in [0.3, 0.4) is 0 Å². The number of fused-ring (bicyclic) bond motifs is 1. The van der Waals surface area contributed by atoms with E-state index in [1.165, 1.54) is 13.3 Å². The number of halogens is 4. The number of nitrogens with zero attached hydrogens (tertiary/aromatic N) is 2. The summed E-state index contributed by atoms with van der Waals surface area (Å²) in [4.78, 5) is 14.2. The van der Waals surface area contributed by atoms with E-state index in [1.807, 2.05) is 17.9 Å². The average Bonchev–Trinajstić information content (AvgIpc) is 3.14. The fourth-order valence-electron chi connectivity index (χ4n) is 4.67. The predicted molar refractivity (Wildman–Crippen MR) is 134 cm³/mol. The monoisotopic (exact) mass is 511 g/mol. The van der Waals surface area contributed by atoms with Crippen LogP contribution in [0.5, 0.6) is 5.75 Å². The Morgan fingerprint density at radius 1 is 1.05 bits per heavy atom. The third kappa shape index (κ3) is 4.81. The summed E-state index contributed by atoms with van der Waals surface area (Å²) in [5.41, 5.74) is 3.00. The van der Waals surface area contributed by atoms with Crippen molar-refractivity contribution in [2.75, 3.05) is 18.6 Å². The van der Waals surface area contributed by atoms with Crippen LogP contribution in [-0.4, -0.2) is 25.8 Å². The first-order valence-electron chi connectivity index (χ1n) is 11.6. The van der Waals surface area contributed by atoms with Crippen molar-refractivity contribution in [2.24, 2.45) is 5.10 Å². The minimum absolute atomic E-state index is 0.194. The Kier molecular flexibility index (Phi) is 7.33. The van der Waals surface area contributed by atoms with Crippen molar-refractivity contribution in [3.8, 4) is 5.75 Å². The van der Waals surface area contributed by atoms with Crippen LogP contribution < -0.4 is 15.1 Å². The van der Waals surface area contributed by atoms with Crippen LogP contribution in [0.15, 0.2) is 71.5 Å². The average molecular weight is 512 g/mol. The molecule has 3 aromatic carbocycles. The quantitative estimate of drug-likeness (QED) is 0.186. The lowest BCUT2D eigenvalue weighted by atomic mass is 9.76. The van der Waals surface area contributed by atoms with Gasteiger partial charge in [0.1, 0.15) is 5.75 Å². The number of ether oxygens (including phenoxy) is 1. The van der Waals surface area contributed by atoms with Gasteiger partial charge in [0.05, 0.1) is 7.11 Å². The van der Waals surface area contributed by atoms with Crippen molar-refractivity contribution < 1.29 is 27.1 Å². The maximum Gasteiger partial charge on any atom is 0.271 e. The normalized spacial score (nSPS) is 17.9. The van der Waals surface area contributed by atoms with Gasteiger partial charge in [0, 0.05) is 46.8 Å². The smallest absolute Gasteiger partial charge is 0.271 e. The highest BCUT2D eigenvalue weighted by molar-refractivity contribution is 5.94. The molecule has 0 aromatic heterocycles. The highest BCUT2D eigenvalue weighted by Crippen LogP contribution is 2.51. The first-order valence-corrected chi connectivity index (χ1v) is 11.6. The highest BCUT2D eigenvalue weighted by atomic mass is 19.2. The molecule has 9 heteroatoms. The summed E-state index contributed by atoms with van der Waals surface area (Å²) in [7, 11) is 1.49. The van der Waals surface area contributed by atoms with Crippen molar-refractivity contribution in [3.63, 3.8) is 0 Å². The zero-order valence-electron chi connectivity index (χ0n) is 20.5. The molecule has 0 fully saturated rings. The highest BCUT2D eigenvalue weighted by Gasteiger charge is 2.44. The number of benzene rings is 3. The fraction of sp³-hybridized carbons (Fsp3) is 0.214. The predicted octanol–water partition coefficient (Wildman–Crippen LogP) is 5.89. The maximum absolute atomic E-state index is 14.7. The second-order valence-corrected chi connectivity index (χ2v) is 8.72. The Balaban J connectivity index is 1.77. The number of rotatable bonds is 7. The van der Waals surface area contributed by atoms with E-state index in [-0.39, 0.29) is 12.5 Å². The van der Waals surface area contributed by atoms with Crippen LogP contribution >= 0.6 is 0 Å². The SMILES string of the molecule is CCN1/C(=C\C=N\NC(=O)c2ccccc2)C(C)(Cc2c(F)c(F)cc(F)c2F)c2cc(OC)ccc21. The van der Waals surface area contributed by atoms with Crippen LogP contribution in [0, 0.1) is 23.3 Å². The lowest BCUT2D eigenvalue weighted by Gasteiger charge is -2.30. The number of hydrazone groups is 1. The van der Waals surface area contributed by atoms with Gasteiger partial charge in [0.2, 0.25) is 0 Å². The fourth-order valence-corrected chi connectivity index (χ4v) is 4.67. The first kappa shape index (κ1) is 25.9. The lowest BCUT2D eigenvalue weighted by Crippen LogP contribution is -2.31. The summed E-state index contributed by atoms with van der Waals surface area (Å²) in [6, 6.07) is 14.0. The number of anilines is 1. The number of nitrogens with one attached hydrogen (secondary N) is 1. The molecule has 0 saturated carbocycles. The number of allylic oxidation sites excluding steroid dienone is 2. The van der Waals surface area contributed by atoms with Gasteiger partial charge in [-0.3, -0.25) is 4.79 Å². The number of amides is 1. The topological polar surface area (TPSA) is 53.9 Å². The largest absolute Gasteiger partial charge is 0.497 e. The Hall–Kier alpha value is -4.14. The molecular weight excluding hydrogens is 486 g/mol. The minimum Gasteiger partial charge on any atom is -0.497 e. The summed E-state index contributed by atoms with van der Waals surface area (Å²) in [5.74, 6) is -5.72. The van der Waals surface area contributed by atoms with Gasteiger partial charge in [0.25, 0.3) is 5.91 Å². The van der Waals surface area contributed by atoms with Gasteiger partial charge in [-0.2, -0.15) is 5.10 Å². The number of hydrogen-bond acceptors (Lipinski definition) is 4. The van der Waals surface area contributed by atoms with Crippen LogP contribution in [0.4, 0.5) is 23.2 Å². The Labute approximate surface area is 212 Å². The van der Waals surface area contributed by atoms with Crippen LogP contribution in [0.25, 0.3) is 0 Å². The van der Waals surface area contributed by atoms with E-state index in [0.717, 1.165) is 5.69 Å². The second kappa shape index (κ2) is 10.5. The zero-order valence-corrected chi connectivity index (χ0v) is 20.5.